The van der Waals surface area contributed by atoms with Crippen LogP contribution in [0.4, 0.5) is 0 Å². The Hall–Kier alpha value is -2.31. The first kappa shape index (κ1) is 14.7. The standard InChI is InChI=1S/C12H16N2O5/c1-8(12(17)18)14-10(15)5-2-6-13-11(16)9-4-3-7-19-9/h3-4,7-8H,2,5-6H2,1H3,(H,13,16)(H,14,15)(H,17,18). The maximum atomic E-state index is 11.4. The summed E-state index contributed by atoms with van der Waals surface area (Å²) in [6.45, 7) is 1.70. The second kappa shape index (κ2) is 7.20. The predicted molar refractivity (Wildman–Crippen MR) is 65.5 cm³/mol. The third kappa shape index (κ3) is 5.24. The molecular formula is C12H16N2O5. The first-order chi connectivity index (χ1) is 9.00. The monoisotopic (exact) mass is 268 g/mol. The number of rotatable bonds is 7. The number of furan rings is 1. The Morgan fingerprint density at radius 1 is 1.42 bits per heavy atom. The van der Waals surface area contributed by atoms with E-state index in [4.69, 9.17) is 9.52 Å². The summed E-state index contributed by atoms with van der Waals surface area (Å²) in [4.78, 5) is 33.3. The SMILES string of the molecule is CC(NC(=O)CCCNC(=O)c1ccco1)C(=O)O. The molecule has 1 aromatic rings. The van der Waals surface area contributed by atoms with E-state index in [-0.39, 0.29) is 24.0 Å². The number of carbonyl (C=O) groups excluding carboxylic acids is 2. The van der Waals surface area contributed by atoms with Gasteiger partial charge < -0.3 is 20.2 Å². The fourth-order valence-electron chi connectivity index (χ4n) is 1.32. The molecule has 1 aromatic heterocycles. The van der Waals surface area contributed by atoms with Crippen molar-refractivity contribution in [3.63, 3.8) is 0 Å². The van der Waals surface area contributed by atoms with Crippen LogP contribution in [0.5, 0.6) is 0 Å². The van der Waals surface area contributed by atoms with Crippen molar-refractivity contribution in [2.45, 2.75) is 25.8 Å². The van der Waals surface area contributed by atoms with Gasteiger partial charge in [0.15, 0.2) is 5.76 Å². The molecule has 0 radical (unpaired) electrons. The van der Waals surface area contributed by atoms with Crippen LogP contribution in [0.3, 0.4) is 0 Å². The Morgan fingerprint density at radius 3 is 2.74 bits per heavy atom. The number of hydrogen-bond acceptors (Lipinski definition) is 4. The maximum Gasteiger partial charge on any atom is 0.325 e. The highest BCUT2D eigenvalue weighted by molar-refractivity contribution is 5.91. The summed E-state index contributed by atoms with van der Waals surface area (Å²) in [6, 6.07) is 2.23. The van der Waals surface area contributed by atoms with E-state index in [0.29, 0.717) is 13.0 Å². The van der Waals surface area contributed by atoms with E-state index in [0.717, 1.165) is 0 Å². The summed E-state index contributed by atoms with van der Waals surface area (Å²) >= 11 is 0. The molecule has 0 aliphatic carbocycles. The van der Waals surface area contributed by atoms with Crippen molar-refractivity contribution in [3.05, 3.63) is 24.2 Å². The molecule has 0 bridgehead atoms. The number of carbonyl (C=O) groups is 3. The van der Waals surface area contributed by atoms with Gasteiger partial charge in [-0.3, -0.25) is 14.4 Å². The molecule has 104 valence electrons. The molecule has 3 N–H and O–H groups in total. The fraction of sp³-hybridized carbons (Fsp3) is 0.417. The largest absolute Gasteiger partial charge is 0.480 e. The van der Waals surface area contributed by atoms with Crippen LogP contribution in [0.2, 0.25) is 0 Å². The van der Waals surface area contributed by atoms with Crippen molar-refractivity contribution >= 4 is 17.8 Å². The molecular weight excluding hydrogens is 252 g/mol. The van der Waals surface area contributed by atoms with Gasteiger partial charge in [0, 0.05) is 13.0 Å². The number of carboxylic acids is 1. The van der Waals surface area contributed by atoms with Gasteiger partial charge in [0.25, 0.3) is 5.91 Å². The molecule has 2 amide bonds. The highest BCUT2D eigenvalue weighted by Crippen LogP contribution is 1.99. The summed E-state index contributed by atoms with van der Waals surface area (Å²) < 4.78 is 4.90. The van der Waals surface area contributed by atoms with Crippen molar-refractivity contribution in [1.82, 2.24) is 10.6 Å². The van der Waals surface area contributed by atoms with Crippen LogP contribution in [0.15, 0.2) is 22.8 Å². The Bertz CT molecular complexity index is 441. The number of carboxylic acid groups (broad SMARTS) is 1. The van der Waals surface area contributed by atoms with E-state index in [1.807, 2.05) is 0 Å². The zero-order valence-electron chi connectivity index (χ0n) is 10.5. The van der Waals surface area contributed by atoms with Crippen LogP contribution < -0.4 is 10.6 Å². The summed E-state index contributed by atoms with van der Waals surface area (Å²) in [5.41, 5.74) is 0. The summed E-state index contributed by atoms with van der Waals surface area (Å²) in [5, 5.41) is 13.5. The van der Waals surface area contributed by atoms with Gasteiger partial charge in [-0.25, -0.2) is 0 Å². The van der Waals surface area contributed by atoms with Gasteiger partial charge >= 0.3 is 5.97 Å². The normalized spacial score (nSPS) is 11.6. The lowest BCUT2D eigenvalue weighted by Crippen LogP contribution is -2.38. The van der Waals surface area contributed by atoms with Gasteiger partial charge in [-0.15, -0.1) is 0 Å². The average molecular weight is 268 g/mol. The molecule has 7 nitrogen and oxygen atoms in total. The number of hydrogen-bond donors (Lipinski definition) is 3. The Balaban J connectivity index is 2.15. The second-order valence-electron chi connectivity index (χ2n) is 3.96. The molecule has 1 atom stereocenters. The van der Waals surface area contributed by atoms with Crippen LogP contribution in [0.1, 0.15) is 30.3 Å². The first-order valence-corrected chi connectivity index (χ1v) is 5.84. The third-order valence-corrected chi connectivity index (χ3v) is 2.36. The summed E-state index contributed by atoms with van der Waals surface area (Å²) in [6.07, 6.45) is 1.97. The average Bonchev–Trinajstić information content (AvgIpc) is 2.88. The number of nitrogens with one attached hydrogen (secondary N) is 2. The van der Waals surface area contributed by atoms with Crippen LogP contribution >= 0.6 is 0 Å². The highest BCUT2D eigenvalue weighted by Gasteiger charge is 2.13. The van der Waals surface area contributed by atoms with Crippen LogP contribution in [-0.4, -0.2) is 35.5 Å². The molecule has 0 aliphatic heterocycles. The van der Waals surface area contributed by atoms with E-state index >= 15 is 0 Å². The number of amides is 2. The molecule has 0 aliphatic rings. The molecule has 0 fully saturated rings. The smallest absolute Gasteiger partial charge is 0.325 e. The summed E-state index contributed by atoms with van der Waals surface area (Å²) in [7, 11) is 0. The molecule has 1 rings (SSSR count). The molecule has 1 unspecified atom stereocenters. The molecule has 19 heavy (non-hydrogen) atoms. The van der Waals surface area contributed by atoms with Crippen molar-refractivity contribution < 1.29 is 23.9 Å². The molecule has 1 heterocycles. The zero-order valence-corrected chi connectivity index (χ0v) is 10.5. The van der Waals surface area contributed by atoms with Gasteiger partial charge in [-0.05, 0) is 25.5 Å². The molecule has 0 aromatic carbocycles. The van der Waals surface area contributed by atoms with E-state index < -0.39 is 12.0 Å². The van der Waals surface area contributed by atoms with E-state index in [1.54, 1.807) is 6.07 Å². The van der Waals surface area contributed by atoms with Gasteiger partial charge in [0.05, 0.1) is 6.26 Å². The van der Waals surface area contributed by atoms with Gasteiger partial charge in [0.2, 0.25) is 5.91 Å². The zero-order chi connectivity index (χ0) is 14.3. The molecule has 0 saturated heterocycles. The van der Waals surface area contributed by atoms with Crippen molar-refractivity contribution in [1.29, 1.82) is 0 Å². The Labute approximate surface area is 110 Å². The highest BCUT2D eigenvalue weighted by atomic mass is 16.4. The Kier molecular flexibility index (Phi) is 5.59. The molecule has 0 spiro atoms. The maximum absolute atomic E-state index is 11.4. The first-order valence-electron chi connectivity index (χ1n) is 5.84. The van der Waals surface area contributed by atoms with E-state index in [1.165, 1.54) is 19.3 Å². The minimum atomic E-state index is -1.08. The van der Waals surface area contributed by atoms with Crippen molar-refractivity contribution in [3.8, 4) is 0 Å². The molecule has 0 saturated carbocycles. The lowest BCUT2D eigenvalue weighted by atomic mass is 10.2. The number of aliphatic carboxylic acids is 1. The lowest BCUT2D eigenvalue weighted by Gasteiger charge is -2.09. The van der Waals surface area contributed by atoms with Crippen LogP contribution in [0.25, 0.3) is 0 Å². The third-order valence-electron chi connectivity index (χ3n) is 2.36. The quantitative estimate of drug-likeness (QED) is 0.619. The molecule has 7 heteroatoms. The second-order valence-corrected chi connectivity index (χ2v) is 3.96. The van der Waals surface area contributed by atoms with Gasteiger partial charge in [-0.1, -0.05) is 0 Å². The lowest BCUT2D eigenvalue weighted by molar-refractivity contribution is -0.141. The van der Waals surface area contributed by atoms with Gasteiger partial charge in [0.1, 0.15) is 6.04 Å². The van der Waals surface area contributed by atoms with E-state index in [2.05, 4.69) is 10.6 Å². The van der Waals surface area contributed by atoms with Crippen LogP contribution in [0, 0.1) is 0 Å². The fourth-order valence-corrected chi connectivity index (χ4v) is 1.32. The van der Waals surface area contributed by atoms with Gasteiger partial charge in [-0.2, -0.15) is 0 Å². The van der Waals surface area contributed by atoms with Crippen LogP contribution in [-0.2, 0) is 9.59 Å². The topological polar surface area (TPSA) is 109 Å². The van der Waals surface area contributed by atoms with Crippen molar-refractivity contribution in [2.75, 3.05) is 6.54 Å². The Morgan fingerprint density at radius 2 is 2.16 bits per heavy atom. The summed E-state index contributed by atoms with van der Waals surface area (Å²) in [5.74, 6) is -1.57. The minimum absolute atomic E-state index is 0.149. The van der Waals surface area contributed by atoms with Crippen molar-refractivity contribution in [2.24, 2.45) is 0 Å². The minimum Gasteiger partial charge on any atom is -0.480 e. The van der Waals surface area contributed by atoms with E-state index in [9.17, 15) is 14.4 Å². The predicted octanol–water partition coefficient (Wildman–Crippen LogP) is 0.379.